The molecule has 4 nitrogen and oxygen atoms in total. The summed E-state index contributed by atoms with van der Waals surface area (Å²) >= 11 is 1.56. The Labute approximate surface area is 134 Å². The average Bonchev–Trinajstić information content (AvgIpc) is 2.85. The van der Waals surface area contributed by atoms with Gasteiger partial charge in [-0.05, 0) is 49.7 Å². The van der Waals surface area contributed by atoms with Crippen molar-refractivity contribution in [2.45, 2.75) is 24.8 Å². The molecule has 0 aliphatic carbocycles. The summed E-state index contributed by atoms with van der Waals surface area (Å²) in [5, 5.41) is 0. The van der Waals surface area contributed by atoms with E-state index in [1.807, 2.05) is 19.1 Å². The Morgan fingerprint density at radius 3 is 2.55 bits per heavy atom. The molecule has 0 saturated carbocycles. The van der Waals surface area contributed by atoms with Crippen LogP contribution in [0.4, 0.5) is 4.39 Å². The fraction of sp³-hybridized carbons (Fsp3) is 0.333. The molecule has 1 aromatic heterocycles. The SMILES string of the molecule is COC(CNS(=O)(=O)c1ccc(F)cc1C)c1ccc(C)s1. The van der Waals surface area contributed by atoms with E-state index in [-0.39, 0.29) is 17.5 Å². The summed E-state index contributed by atoms with van der Waals surface area (Å²) in [5.41, 5.74) is 0.369. The second kappa shape index (κ2) is 6.87. The van der Waals surface area contributed by atoms with Crippen molar-refractivity contribution in [1.82, 2.24) is 4.72 Å². The predicted octanol–water partition coefficient (Wildman–Crippen LogP) is 3.17. The number of rotatable bonds is 6. The van der Waals surface area contributed by atoms with Crippen LogP contribution in [0.5, 0.6) is 0 Å². The number of aryl methyl sites for hydroxylation is 2. The number of methoxy groups -OCH3 is 1. The number of hydrogen-bond acceptors (Lipinski definition) is 4. The Balaban J connectivity index is 2.14. The summed E-state index contributed by atoms with van der Waals surface area (Å²) in [6.45, 7) is 3.66. The van der Waals surface area contributed by atoms with Gasteiger partial charge in [0.2, 0.25) is 10.0 Å². The molecule has 0 amide bonds. The summed E-state index contributed by atoms with van der Waals surface area (Å²) in [5.74, 6) is -0.458. The maximum atomic E-state index is 13.1. The van der Waals surface area contributed by atoms with Crippen LogP contribution in [0.15, 0.2) is 35.2 Å². The largest absolute Gasteiger partial charge is 0.375 e. The van der Waals surface area contributed by atoms with Gasteiger partial charge in [-0.25, -0.2) is 17.5 Å². The maximum absolute atomic E-state index is 13.1. The van der Waals surface area contributed by atoms with Crippen molar-refractivity contribution in [1.29, 1.82) is 0 Å². The van der Waals surface area contributed by atoms with E-state index in [9.17, 15) is 12.8 Å². The molecule has 0 saturated heterocycles. The first kappa shape index (κ1) is 17.1. The van der Waals surface area contributed by atoms with Crippen molar-refractivity contribution in [3.63, 3.8) is 0 Å². The Morgan fingerprint density at radius 1 is 1.27 bits per heavy atom. The van der Waals surface area contributed by atoms with E-state index in [2.05, 4.69) is 4.72 Å². The zero-order valence-corrected chi connectivity index (χ0v) is 14.2. The van der Waals surface area contributed by atoms with Crippen LogP contribution in [0.2, 0.25) is 0 Å². The minimum atomic E-state index is -3.71. The van der Waals surface area contributed by atoms with E-state index < -0.39 is 15.8 Å². The van der Waals surface area contributed by atoms with Gasteiger partial charge in [0.25, 0.3) is 0 Å². The van der Waals surface area contributed by atoms with Crippen molar-refractivity contribution < 1.29 is 17.5 Å². The summed E-state index contributed by atoms with van der Waals surface area (Å²) in [4.78, 5) is 2.17. The van der Waals surface area contributed by atoms with Crippen molar-refractivity contribution >= 4 is 21.4 Å². The number of nitrogens with one attached hydrogen (secondary N) is 1. The van der Waals surface area contributed by atoms with Gasteiger partial charge in [-0.15, -0.1) is 11.3 Å². The smallest absolute Gasteiger partial charge is 0.240 e. The summed E-state index contributed by atoms with van der Waals surface area (Å²) in [6.07, 6.45) is -0.353. The molecule has 0 fully saturated rings. The molecule has 2 aromatic rings. The monoisotopic (exact) mass is 343 g/mol. The Hall–Kier alpha value is -1.28. The first-order chi connectivity index (χ1) is 10.3. The second-order valence-corrected chi connectivity index (χ2v) is 7.99. The number of sulfonamides is 1. The van der Waals surface area contributed by atoms with Gasteiger partial charge < -0.3 is 4.74 Å². The third kappa shape index (κ3) is 3.92. The molecule has 22 heavy (non-hydrogen) atoms. The van der Waals surface area contributed by atoms with Crippen molar-refractivity contribution in [2.24, 2.45) is 0 Å². The summed E-state index contributed by atoms with van der Waals surface area (Å²) < 4.78 is 45.6. The second-order valence-electron chi connectivity index (χ2n) is 4.93. The molecule has 0 aliphatic heterocycles. The molecule has 1 heterocycles. The highest BCUT2D eigenvalue weighted by atomic mass is 32.2. The topological polar surface area (TPSA) is 55.4 Å². The third-order valence-electron chi connectivity index (χ3n) is 3.25. The van der Waals surface area contributed by atoms with Gasteiger partial charge in [-0.2, -0.15) is 0 Å². The predicted molar refractivity (Wildman–Crippen MR) is 85.1 cm³/mol. The number of hydrogen-bond donors (Lipinski definition) is 1. The first-order valence-electron chi connectivity index (χ1n) is 6.68. The summed E-state index contributed by atoms with van der Waals surface area (Å²) in [6, 6.07) is 7.49. The minimum absolute atomic E-state index is 0.0751. The Kier molecular flexibility index (Phi) is 5.33. The maximum Gasteiger partial charge on any atom is 0.240 e. The first-order valence-corrected chi connectivity index (χ1v) is 8.98. The van der Waals surface area contributed by atoms with Crippen LogP contribution in [0, 0.1) is 19.7 Å². The lowest BCUT2D eigenvalue weighted by Crippen LogP contribution is -2.29. The van der Waals surface area contributed by atoms with Crippen LogP contribution in [-0.2, 0) is 14.8 Å². The van der Waals surface area contributed by atoms with Gasteiger partial charge in [0.1, 0.15) is 11.9 Å². The molecule has 1 aromatic carbocycles. The molecule has 1 atom stereocenters. The standard InChI is InChI=1S/C15H18FNO3S2/c1-10-8-12(16)5-7-15(10)22(18,19)17-9-13(20-3)14-6-4-11(2)21-14/h4-8,13,17H,9H2,1-3H3. The molecule has 0 bridgehead atoms. The fourth-order valence-electron chi connectivity index (χ4n) is 2.10. The van der Waals surface area contributed by atoms with Gasteiger partial charge in [-0.1, -0.05) is 0 Å². The van der Waals surface area contributed by atoms with Gasteiger partial charge >= 0.3 is 0 Å². The summed E-state index contributed by atoms with van der Waals surface area (Å²) in [7, 11) is -2.17. The molecular weight excluding hydrogens is 325 g/mol. The Bertz CT molecular complexity index is 756. The molecule has 1 N–H and O–H groups in total. The number of benzene rings is 1. The lowest BCUT2D eigenvalue weighted by atomic mass is 10.2. The van der Waals surface area contributed by atoms with Crippen molar-refractivity contribution in [2.75, 3.05) is 13.7 Å². The molecule has 0 aliphatic rings. The fourth-order valence-corrected chi connectivity index (χ4v) is 4.32. The van der Waals surface area contributed by atoms with Crippen LogP contribution < -0.4 is 4.72 Å². The zero-order chi connectivity index (χ0) is 16.3. The molecule has 0 spiro atoms. The number of ether oxygens (including phenoxy) is 1. The van der Waals surface area contributed by atoms with Crippen molar-refractivity contribution in [3.8, 4) is 0 Å². The highest BCUT2D eigenvalue weighted by molar-refractivity contribution is 7.89. The van der Waals surface area contributed by atoms with Gasteiger partial charge in [0.05, 0.1) is 4.90 Å². The third-order valence-corrected chi connectivity index (χ3v) is 5.92. The molecule has 1 unspecified atom stereocenters. The van der Waals surface area contributed by atoms with Crippen LogP contribution in [0.3, 0.4) is 0 Å². The van der Waals surface area contributed by atoms with Crippen LogP contribution in [0.1, 0.15) is 21.4 Å². The van der Waals surface area contributed by atoms with Gasteiger partial charge in [0.15, 0.2) is 0 Å². The normalized spacial score (nSPS) is 13.3. The minimum Gasteiger partial charge on any atom is -0.375 e. The van der Waals surface area contributed by atoms with E-state index in [4.69, 9.17) is 4.74 Å². The van der Waals surface area contributed by atoms with E-state index in [1.165, 1.54) is 19.2 Å². The lowest BCUT2D eigenvalue weighted by molar-refractivity contribution is 0.110. The van der Waals surface area contributed by atoms with E-state index in [0.717, 1.165) is 15.8 Å². The molecule has 0 radical (unpaired) electrons. The van der Waals surface area contributed by atoms with Crippen LogP contribution in [0.25, 0.3) is 0 Å². The van der Waals surface area contributed by atoms with E-state index in [1.54, 1.807) is 18.3 Å². The van der Waals surface area contributed by atoms with E-state index >= 15 is 0 Å². The van der Waals surface area contributed by atoms with Crippen molar-refractivity contribution in [3.05, 3.63) is 51.5 Å². The van der Waals surface area contributed by atoms with Gasteiger partial charge in [-0.3, -0.25) is 0 Å². The van der Waals surface area contributed by atoms with Crippen LogP contribution >= 0.6 is 11.3 Å². The number of halogens is 1. The number of thiophene rings is 1. The molecule has 120 valence electrons. The molecular formula is C15H18FNO3S2. The zero-order valence-electron chi connectivity index (χ0n) is 12.6. The highest BCUT2D eigenvalue weighted by Gasteiger charge is 2.20. The lowest BCUT2D eigenvalue weighted by Gasteiger charge is -2.15. The van der Waals surface area contributed by atoms with Gasteiger partial charge in [0, 0.05) is 23.4 Å². The quantitative estimate of drug-likeness (QED) is 0.876. The average molecular weight is 343 g/mol. The van der Waals surface area contributed by atoms with Crippen LogP contribution in [-0.4, -0.2) is 22.1 Å². The molecule has 2 rings (SSSR count). The molecule has 7 heteroatoms. The highest BCUT2D eigenvalue weighted by Crippen LogP contribution is 2.25. The Morgan fingerprint density at radius 2 is 2.00 bits per heavy atom. The van der Waals surface area contributed by atoms with E-state index in [0.29, 0.717) is 5.56 Å².